The minimum atomic E-state index is 0.468. The molecular weight excluding hydrogens is 148 g/mol. The molecule has 2 atom stereocenters. The van der Waals surface area contributed by atoms with Crippen LogP contribution in [0.1, 0.15) is 26.2 Å². The second-order valence-electron chi connectivity index (χ2n) is 3.65. The Kier molecular flexibility index (Phi) is 4.33. The van der Waals surface area contributed by atoms with Gasteiger partial charge < -0.3 is 11.1 Å². The Balaban J connectivity index is 1.98. The molecule has 0 aromatic rings. The van der Waals surface area contributed by atoms with Gasteiger partial charge in [0.05, 0.1) is 0 Å². The van der Waals surface area contributed by atoms with Gasteiger partial charge in [-0.25, -0.2) is 0 Å². The van der Waals surface area contributed by atoms with Crippen LogP contribution in [0.2, 0.25) is 0 Å². The van der Waals surface area contributed by atoms with Crippen molar-refractivity contribution in [1.29, 1.82) is 0 Å². The molecular formula is C10H20N2. The summed E-state index contributed by atoms with van der Waals surface area (Å²) in [6.07, 6.45) is 8.52. The molecule has 0 amide bonds. The van der Waals surface area contributed by atoms with Crippen molar-refractivity contribution in [2.45, 2.75) is 32.2 Å². The fraction of sp³-hybridized carbons (Fsp3) is 0.800. The molecule has 2 heteroatoms. The van der Waals surface area contributed by atoms with Crippen molar-refractivity contribution >= 4 is 0 Å². The normalized spacial score (nSPS) is 24.7. The van der Waals surface area contributed by atoms with E-state index in [-0.39, 0.29) is 0 Å². The van der Waals surface area contributed by atoms with Crippen LogP contribution in [0.3, 0.4) is 0 Å². The van der Waals surface area contributed by atoms with Crippen molar-refractivity contribution in [2.24, 2.45) is 11.7 Å². The highest BCUT2D eigenvalue weighted by molar-refractivity contribution is 4.96. The van der Waals surface area contributed by atoms with E-state index in [9.17, 15) is 0 Å². The van der Waals surface area contributed by atoms with E-state index >= 15 is 0 Å². The van der Waals surface area contributed by atoms with E-state index < -0.39 is 0 Å². The van der Waals surface area contributed by atoms with Crippen LogP contribution in [0, 0.1) is 5.92 Å². The lowest BCUT2D eigenvalue weighted by atomic mass is 10.1. The fourth-order valence-corrected chi connectivity index (χ4v) is 1.53. The van der Waals surface area contributed by atoms with Gasteiger partial charge in [0.1, 0.15) is 0 Å². The monoisotopic (exact) mass is 168 g/mol. The van der Waals surface area contributed by atoms with Gasteiger partial charge >= 0.3 is 0 Å². The first-order chi connectivity index (χ1) is 5.83. The van der Waals surface area contributed by atoms with Gasteiger partial charge in [-0.2, -0.15) is 0 Å². The van der Waals surface area contributed by atoms with Gasteiger partial charge in [-0.05, 0) is 38.6 Å². The first kappa shape index (κ1) is 9.75. The van der Waals surface area contributed by atoms with Crippen LogP contribution in [0.15, 0.2) is 12.2 Å². The number of nitrogens with two attached hydrogens (primary N) is 1. The third-order valence-corrected chi connectivity index (χ3v) is 2.47. The van der Waals surface area contributed by atoms with Crippen molar-refractivity contribution in [3.8, 4) is 0 Å². The summed E-state index contributed by atoms with van der Waals surface area (Å²) < 4.78 is 0. The van der Waals surface area contributed by atoms with Crippen LogP contribution in [-0.2, 0) is 0 Å². The molecule has 12 heavy (non-hydrogen) atoms. The lowest BCUT2D eigenvalue weighted by Gasteiger charge is -2.12. The Hall–Kier alpha value is -0.340. The second kappa shape index (κ2) is 5.33. The summed E-state index contributed by atoms with van der Waals surface area (Å²) in [5, 5.41) is 3.40. The first-order valence-corrected chi connectivity index (χ1v) is 4.93. The molecule has 0 heterocycles. The average Bonchev–Trinajstić information content (AvgIpc) is 2.57. The molecule has 0 saturated heterocycles. The molecule has 0 aromatic carbocycles. The number of allylic oxidation sites excluding steroid dienone is 2. The van der Waals surface area contributed by atoms with Crippen LogP contribution in [-0.4, -0.2) is 19.1 Å². The Morgan fingerprint density at radius 3 is 3.08 bits per heavy atom. The van der Waals surface area contributed by atoms with Gasteiger partial charge in [-0.1, -0.05) is 12.2 Å². The summed E-state index contributed by atoms with van der Waals surface area (Å²) in [6.45, 7) is 3.97. The van der Waals surface area contributed by atoms with E-state index in [1.807, 2.05) is 0 Å². The molecule has 1 rings (SSSR count). The zero-order valence-corrected chi connectivity index (χ0v) is 7.92. The van der Waals surface area contributed by atoms with Crippen molar-refractivity contribution in [1.82, 2.24) is 5.32 Å². The van der Waals surface area contributed by atoms with Crippen LogP contribution < -0.4 is 11.1 Å². The van der Waals surface area contributed by atoms with E-state index in [0.717, 1.165) is 19.0 Å². The Bertz CT molecular complexity index is 143. The highest BCUT2D eigenvalue weighted by Gasteiger charge is 2.08. The van der Waals surface area contributed by atoms with Crippen LogP contribution in [0.5, 0.6) is 0 Å². The summed E-state index contributed by atoms with van der Waals surface area (Å²) in [4.78, 5) is 0. The average molecular weight is 168 g/mol. The zero-order valence-electron chi connectivity index (χ0n) is 7.92. The predicted molar refractivity (Wildman–Crippen MR) is 53.0 cm³/mol. The van der Waals surface area contributed by atoms with Crippen LogP contribution >= 0.6 is 0 Å². The van der Waals surface area contributed by atoms with Gasteiger partial charge in [0, 0.05) is 12.6 Å². The molecule has 0 spiro atoms. The van der Waals surface area contributed by atoms with Gasteiger partial charge in [0.25, 0.3) is 0 Å². The van der Waals surface area contributed by atoms with Gasteiger partial charge in [-0.3, -0.25) is 0 Å². The number of hydrogen-bond acceptors (Lipinski definition) is 2. The third kappa shape index (κ3) is 3.37. The molecule has 3 N–H and O–H groups in total. The first-order valence-electron chi connectivity index (χ1n) is 4.93. The molecule has 0 radical (unpaired) electrons. The Labute approximate surface area is 75.2 Å². The zero-order chi connectivity index (χ0) is 8.81. The predicted octanol–water partition coefficient (Wildman–Crippen LogP) is 1.28. The van der Waals surface area contributed by atoms with Gasteiger partial charge in [-0.15, -0.1) is 0 Å². The molecule has 0 aliphatic heterocycles. The highest BCUT2D eigenvalue weighted by Crippen LogP contribution is 2.19. The number of hydrogen-bond donors (Lipinski definition) is 2. The molecule has 2 nitrogen and oxygen atoms in total. The van der Waals surface area contributed by atoms with Crippen LogP contribution in [0.4, 0.5) is 0 Å². The maximum absolute atomic E-state index is 5.49. The summed E-state index contributed by atoms with van der Waals surface area (Å²) in [5.74, 6) is 0.822. The molecule has 0 saturated carbocycles. The molecule has 1 unspecified atom stereocenters. The van der Waals surface area contributed by atoms with E-state index in [0.29, 0.717) is 6.04 Å². The Morgan fingerprint density at radius 1 is 1.67 bits per heavy atom. The molecule has 1 aliphatic carbocycles. The van der Waals surface area contributed by atoms with Gasteiger partial charge in [0.15, 0.2) is 0 Å². The van der Waals surface area contributed by atoms with Crippen LogP contribution in [0.25, 0.3) is 0 Å². The van der Waals surface area contributed by atoms with E-state index in [2.05, 4.69) is 24.4 Å². The van der Waals surface area contributed by atoms with Crippen molar-refractivity contribution in [2.75, 3.05) is 13.1 Å². The fourth-order valence-electron chi connectivity index (χ4n) is 1.53. The minimum Gasteiger partial charge on any atom is -0.329 e. The lowest BCUT2D eigenvalue weighted by Crippen LogP contribution is -2.34. The SMILES string of the molecule is C[C@@H](CN)NCCC1C=CCC1. The second-order valence-corrected chi connectivity index (χ2v) is 3.65. The van der Waals surface area contributed by atoms with Crippen molar-refractivity contribution in [3.05, 3.63) is 12.2 Å². The largest absolute Gasteiger partial charge is 0.329 e. The van der Waals surface area contributed by atoms with E-state index in [1.54, 1.807) is 0 Å². The summed E-state index contributed by atoms with van der Waals surface area (Å²) in [5.41, 5.74) is 5.49. The summed E-state index contributed by atoms with van der Waals surface area (Å²) in [7, 11) is 0. The molecule has 0 fully saturated rings. The lowest BCUT2D eigenvalue weighted by molar-refractivity contribution is 0.491. The maximum atomic E-state index is 5.49. The number of nitrogens with one attached hydrogen (secondary N) is 1. The molecule has 70 valence electrons. The standard InChI is InChI=1S/C10H20N2/c1-9(8-11)12-7-6-10-4-2-3-5-10/h2,4,9-10,12H,3,5-8,11H2,1H3/t9-,10?/m0/s1. The van der Waals surface area contributed by atoms with E-state index in [4.69, 9.17) is 5.73 Å². The quantitative estimate of drug-likeness (QED) is 0.607. The smallest absolute Gasteiger partial charge is 0.0161 e. The summed E-state index contributed by atoms with van der Waals surface area (Å²) >= 11 is 0. The maximum Gasteiger partial charge on any atom is 0.0161 e. The minimum absolute atomic E-state index is 0.468. The number of rotatable bonds is 5. The van der Waals surface area contributed by atoms with E-state index in [1.165, 1.54) is 19.3 Å². The molecule has 1 aliphatic rings. The topological polar surface area (TPSA) is 38.0 Å². The van der Waals surface area contributed by atoms with Crippen molar-refractivity contribution in [3.63, 3.8) is 0 Å². The van der Waals surface area contributed by atoms with Crippen molar-refractivity contribution < 1.29 is 0 Å². The Morgan fingerprint density at radius 2 is 2.50 bits per heavy atom. The molecule has 0 bridgehead atoms. The molecule has 0 aromatic heterocycles. The highest BCUT2D eigenvalue weighted by atomic mass is 14.9. The summed E-state index contributed by atoms with van der Waals surface area (Å²) in [6, 6.07) is 0.468. The third-order valence-electron chi connectivity index (χ3n) is 2.47. The van der Waals surface area contributed by atoms with Gasteiger partial charge in [0.2, 0.25) is 0 Å².